The fourth-order valence-electron chi connectivity index (χ4n) is 0.686. The lowest BCUT2D eigenvalue weighted by Crippen LogP contribution is -1.77. The Kier molecular flexibility index (Phi) is 1.99. The van der Waals surface area contributed by atoms with Gasteiger partial charge in [-0.1, -0.05) is 0 Å². The van der Waals surface area contributed by atoms with Gasteiger partial charge >= 0.3 is 0 Å². The molecule has 0 bridgehead atoms. The molecule has 0 fully saturated rings. The van der Waals surface area contributed by atoms with Gasteiger partial charge in [-0.3, -0.25) is 0 Å². The average Bonchev–Trinajstić information content (AvgIpc) is 2.38. The minimum Gasteiger partial charge on any atom is -0.345 e. The van der Waals surface area contributed by atoms with E-state index in [1.165, 1.54) is 6.21 Å². The van der Waals surface area contributed by atoms with Crippen molar-refractivity contribution in [3.8, 4) is 0 Å². The molecule has 2 N–H and O–H groups in total. The summed E-state index contributed by atoms with van der Waals surface area (Å²) < 4.78 is 0. The first-order valence-corrected chi connectivity index (χ1v) is 3.00. The van der Waals surface area contributed by atoms with E-state index in [1.807, 2.05) is 6.92 Å². The molecule has 1 aromatic heterocycles. The highest BCUT2D eigenvalue weighted by Gasteiger charge is 1.92. The largest absolute Gasteiger partial charge is 0.345 e. The van der Waals surface area contributed by atoms with Crippen LogP contribution in [0.1, 0.15) is 12.6 Å². The Hall–Kier alpha value is -1.38. The monoisotopic (exact) mass is 135 g/mol. The van der Waals surface area contributed by atoms with Gasteiger partial charge in [-0.05, 0) is 18.6 Å². The Morgan fingerprint density at radius 3 is 3.10 bits per heavy atom. The zero-order valence-electron chi connectivity index (χ0n) is 5.76. The first-order valence-electron chi connectivity index (χ1n) is 3.00. The molecule has 0 unspecified atom stereocenters. The van der Waals surface area contributed by atoms with E-state index in [0.717, 1.165) is 11.3 Å². The molecule has 10 heavy (non-hydrogen) atoms. The molecule has 3 nitrogen and oxygen atoms in total. The second kappa shape index (κ2) is 2.96. The van der Waals surface area contributed by atoms with Gasteiger partial charge in [0.15, 0.2) is 0 Å². The van der Waals surface area contributed by atoms with Crippen LogP contribution in [-0.2, 0) is 0 Å². The highest BCUT2D eigenvalue weighted by molar-refractivity contribution is 5.80. The van der Waals surface area contributed by atoms with Crippen molar-refractivity contribution in [2.45, 2.75) is 6.92 Å². The van der Waals surface area contributed by atoms with Crippen LogP contribution >= 0.6 is 0 Å². The summed E-state index contributed by atoms with van der Waals surface area (Å²) in [7, 11) is 0. The molecule has 0 saturated heterocycles. The van der Waals surface area contributed by atoms with Gasteiger partial charge in [0.2, 0.25) is 0 Å². The molecule has 52 valence electrons. The third kappa shape index (κ3) is 1.31. The lowest BCUT2D eigenvalue weighted by atomic mass is 10.2. The molecule has 1 rings (SSSR count). The summed E-state index contributed by atoms with van der Waals surface area (Å²) in [4.78, 5) is 6.79. The first kappa shape index (κ1) is 6.74. The topological polar surface area (TPSA) is 52.5 Å². The van der Waals surface area contributed by atoms with Crippen LogP contribution in [0.4, 0.5) is 0 Å². The fourth-order valence-corrected chi connectivity index (χ4v) is 0.686. The van der Waals surface area contributed by atoms with Crippen LogP contribution in [-0.4, -0.2) is 16.2 Å². The van der Waals surface area contributed by atoms with E-state index < -0.39 is 0 Å². The van der Waals surface area contributed by atoms with Gasteiger partial charge in [-0.2, -0.15) is 0 Å². The van der Waals surface area contributed by atoms with Crippen molar-refractivity contribution in [1.29, 1.82) is 5.41 Å². The number of hydrogen-bond acceptors (Lipinski definition) is 2. The molecular weight excluding hydrogens is 126 g/mol. The number of rotatable bonds is 2. The van der Waals surface area contributed by atoms with Gasteiger partial charge in [-0.15, -0.1) is 0 Å². The Bertz CT molecular complexity index is 233. The van der Waals surface area contributed by atoms with E-state index in [0.29, 0.717) is 0 Å². The molecule has 1 heterocycles. The van der Waals surface area contributed by atoms with Crippen molar-refractivity contribution < 1.29 is 0 Å². The summed E-state index contributed by atoms with van der Waals surface area (Å²) in [5, 5.41) is 6.80. The first-order chi connectivity index (χ1) is 4.84. The highest BCUT2D eigenvalue weighted by atomic mass is 14.9. The molecule has 0 atom stereocenters. The normalized spacial score (nSPS) is 11.5. The van der Waals surface area contributed by atoms with E-state index >= 15 is 0 Å². The van der Waals surface area contributed by atoms with Crippen LogP contribution in [0.2, 0.25) is 0 Å². The third-order valence-electron chi connectivity index (χ3n) is 1.26. The van der Waals surface area contributed by atoms with Crippen molar-refractivity contribution >= 4 is 11.8 Å². The molecule has 0 radical (unpaired) electrons. The molecule has 1 aromatic rings. The minimum absolute atomic E-state index is 0.962. The number of nitrogens with zero attached hydrogens (tertiary/aromatic N) is 1. The van der Waals surface area contributed by atoms with Gasteiger partial charge in [0.25, 0.3) is 0 Å². The summed E-state index contributed by atoms with van der Waals surface area (Å²) in [6.07, 6.45) is 6.33. The molecule has 0 aliphatic rings. The Balaban J connectivity index is 2.86. The van der Waals surface area contributed by atoms with E-state index in [2.05, 4.69) is 9.97 Å². The van der Waals surface area contributed by atoms with Crippen LogP contribution < -0.4 is 0 Å². The van der Waals surface area contributed by atoms with Crippen LogP contribution in [0, 0.1) is 5.41 Å². The molecule has 3 heteroatoms. The van der Waals surface area contributed by atoms with Gasteiger partial charge in [0.05, 0.1) is 18.2 Å². The maximum absolute atomic E-state index is 6.80. The molecular formula is C7H9N3. The third-order valence-corrected chi connectivity index (χ3v) is 1.26. The number of imidazole rings is 1. The number of allylic oxidation sites excluding steroid dienone is 2. The van der Waals surface area contributed by atoms with Crippen LogP contribution in [0.15, 0.2) is 18.6 Å². The quantitative estimate of drug-likeness (QED) is 0.592. The second-order valence-electron chi connectivity index (χ2n) is 1.98. The van der Waals surface area contributed by atoms with Crippen molar-refractivity contribution in [1.82, 2.24) is 9.97 Å². The van der Waals surface area contributed by atoms with Gasteiger partial charge in [0.1, 0.15) is 0 Å². The SMILES string of the molecule is C/C(=C/C=N)c1cnc[nH]1. The maximum atomic E-state index is 6.80. The van der Waals surface area contributed by atoms with Crippen molar-refractivity contribution in [3.05, 3.63) is 24.3 Å². The van der Waals surface area contributed by atoms with Gasteiger partial charge < -0.3 is 10.4 Å². The fraction of sp³-hybridized carbons (Fsp3) is 0.143. The van der Waals surface area contributed by atoms with Crippen molar-refractivity contribution in [2.75, 3.05) is 0 Å². The summed E-state index contributed by atoms with van der Waals surface area (Å²) in [6.45, 7) is 1.93. The van der Waals surface area contributed by atoms with E-state index in [4.69, 9.17) is 5.41 Å². The van der Waals surface area contributed by atoms with E-state index in [-0.39, 0.29) is 0 Å². The Morgan fingerprint density at radius 2 is 2.60 bits per heavy atom. The lowest BCUT2D eigenvalue weighted by Gasteiger charge is -1.90. The molecule has 0 aliphatic heterocycles. The zero-order valence-corrected chi connectivity index (χ0v) is 5.76. The molecule has 0 spiro atoms. The standard InChI is InChI=1S/C7H9N3/c1-6(2-3-8)7-4-9-5-10-7/h2-5,8H,1H3,(H,9,10)/b6-2-,8-3?. The van der Waals surface area contributed by atoms with Gasteiger partial charge in [0, 0.05) is 6.21 Å². The summed E-state index contributed by atoms with van der Waals surface area (Å²) >= 11 is 0. The maximum Gasteiger partial charge on any atom is 0.0924 e. The average molecular weight is 135 g/mol. The molecule has 0 saturated carbocycles. The Morgan fingerprint density at radius 1 is 1.80 bits per heavy atom. The number of hydrogen-bond donors (Lipinski definition) is 2. The number of aromatic amines is 1. The van der Waals surface area contributed by atoms with Crippen molar-refractivity contribution in [3.63, 3.8) is 0 Å². The summed E-state index contributed by atoms with van der Waals surface area (Å²) in [5.41, 5.74) is 1.98. The van der Waals surface area contributed by atoms with Crippen LogP contribution in [0.3, 0.4) is 0 Å². The summed E-state index contributed by atoms with van der Waals surface area (Å²) in [5.74, 6) is 0. The molecule has 0 aromatic carbocycles. The number of H-pyrrole nitrogens is 1. The Labute approximate surface area is 59.3 Å². The van der Waals surface area contributed by atoms with Gasteiger partial charge in [-0.25, -0.2) is 4.98 Å². The highest BCUT2D eigenvalue weighted by Crippen LogP contribution is 2.06. The summed E-state index contributed by atoms with van der Waals surface area (Å²) in [6, 6.07) is 0. The van der Waals surface area contributed by atoms with Crippen LogP contribution in [0.25, 0.3) is 5.57 Å². The second-order valence-corrected chi connectivity index (χ2v) is 1.98. The number of nitrogens with one attached hydrogen (secondary N) is 2. The number of aromatic nitrogens is 2. The van der Waals surface area contributed by atoms with Crippen molar-refractivity contribution in [2.24, 2.45) is 0 Å². The molecule has 0 aliphatic carbocycles. The van der Waals surface area contributed by atoms with E-state index in [1.54, 1.807) is 18.6 Å². The molecule has 0 amide bonds. The lowest BCUT2D eigenvalue weighted by molar-refractivity contribution is 1.30. The predicted octanol–water partition coefficient (Wildman–Crippen LogP) is 1.46. The van der Waals surface area contributed by atoms with Crippen LogP contribution in [0.5, 0.6) is 0 Å². The minimum atomic E-state index is 0.962. The zero-order chi connectivity index (χ0) is 7.40. The predicted molar refractivity (Wildman–Crippen MR) is 41.0 cm³/mol. The van der Waals surface area contributed by atoms with E-state index in [9.17, 15) is 0 Å². The smallest absolute Gasteiger partial charge is 0.0924 e.